The maximum Gasteiger partial charge on any atom is 0.262 e. The number of aryl methyl sites for hydroxylation is 1. The molecule has 0 bridgehead atoms. The van der Waals surface area contributed by atoms with Gasteiger partial charge in [-0.05, 0) is 30.2 Å². The maximum atomic E-state index is 13.1. The number of halogens is 2. The predicted molar refractivity (Wildman–Crippen MR) is 110 cm³/mol. The Balaban J connectivity index is 1.86. The van der Waals surface area contributed by atoms with Crippen molar-refractivity contribution in [2.45, 2.75) is 13.5 Å². The van der Waals surface area contributed by atoms with Crippen LogP contribution in [0, 0.1) is 6.92 Å². The van der Waals surface area contributed by atoms with Crippen molar-refractivity contribution in [2.75, 3.05) is 0 Å². The fourth-order valence-corrected chi connectivity index (χ4v) is 4.65. The van der Waals surface area contributed by atoms with Crippen molar-refractivity contribution in [2.24, 2.45) is 0 Å². The van der Waals surface area contributed by atoms with E-state index in [1.54, 1.807) is 29.1 Å². The minimum absolute atomic E-state index is 0.0816. The van der Waals surface area contributed by atoms with Gasteiger partial charge in [0.1, 0.15) is 4.83 Å². The van der Waals surface area contributed by atoms with E-state index in [0.29, 0.717) is 15.4 Å². The molecule has 0 aliphatic rings. The highest BCUT2D eigenvalue weighted by Gasteiger charge is 2.16. The van der Waals surface area contributed by atoms with Crippen LogP contribution in [0.4, 0.5) is 0 Å². The van der Waals surface area contributed by atoms with Gasteiger partial charge >= 0.3 is 0 Å². The largest absolute Gasteiger partial charge is 0.294 e. The number of hydrogen-bond donors (Lipinski definition) is 0. The molecule has 0 saturated carbocycles. The Bertz CT molecular complexity index is 1150. The van der Waals surface area contributed by atoms with E-state index in [0.717, 1.165) is 26.4 Å². The smallest absolute Gasteiger partial charge is 0.262 e. The molecule has 0 unspecified atom stereocenters. The van der Waals surface area contributed by atoms with E-state index in [1.807, 2.05) is 37.3 Å². The predicted octanol–water partition coefficient (Wildman–Crippen LogP) is 5.79. The average molecular weight is 401 g/mol. The van der Waals surface area contributed by atoms with E-state index >= 15 is 0 Å². The minimum Gasteiger partial charge on any atom is -0.294 e. The van der Waals surface area contributed by atoms with Crippen molar-refractivity contribution in [1.29, 1.82) is 0 Å². The molecule has 2 aromatic carbocycles. The van der Waals surface area contributed by atoms with Crippen LogP contribution in [0.1, 0.15) is 11.1 Å². The summed E-state index contributed by atoms with van der Waals surface area (Å²) in [5.41, 5.74) is 2.68. The SMILES string of the molecule is Cc1c(-c2ccccc2)sc2ncn(Cc3c(Cl)cccc3Cl)c(=O)c12. The molecule has 130 valence electrons. The summed E-state index contributed by atoms with van der Waals surface area (Å²) in [6.07, 6.45) is 1.56. The van der Waals surface area contributed by atoms with Gasteiger partial charge in [-0.25, -0.2) is 4.98 Å². The average Bonchev–Trinajstić information content (AvgIpc) is 2.98. The molecule has 0 fully saturated rings. The molecule has 0 amide bonds. The van der Waals surface area contributed by atoms with Gasteiger partial charge in [0, 0.05) is 20.5 Å². The number of nitrogens with zero attached hydrogens (tertiary/aromatic N) is 2. The first-order valence-electron chi connectivity index (χ1n) is 8.03. The third kappa shape index (κ3) is 2.94. The zero-order valence-corrected chi connectivity index (χ0v) is 16.2. The molecule has 0 N–H and O–H groups in total. The standard InChI is InChI=1S/C20H14Cl2N2OS/c1-12-17-19(26-18(12)13-6-3-2-4-7-13)23-11-24(20(17)25)10-14-15(21)8-5-9-16(14)22/h2-9,11H,10H2,1H3. The van der Waals surface area contributed by atoms with Crippen molar-refractivity contribution in [3.05, 3.63) is 86.4 Å². The first-order chi connectivity index (χ1) is 12.6. The lowest BCUT2D eigenvalue weighted by atomic mass is 10.1. The quantitative estimate of drug-likeness (QED) is 0.436. The Morgan fingerprint density at radius 1 is 1.04 bits per heavy atom. The summed E-state index contributed by atoms with van der Waals surface area (Å²) in [4.78, 5) is 19.4. The molecular weight excluding hydrogens is 387 g/mol. The first-order valence-corrected chi connectivity index (χ1v) is 9.60. The summed E-state index contributed by atoms with van der Waals surface area (Å²) in [7, 11) is 0. The highest BCUT2D eigenvalue weighted by molar-refractivity contribution is 7.22. The van der Waals surface area contributed by atoms with Crippen LogP contribution in [0.5, 0.6) is 0 Å². The topological polar surface area (TPSA) is 34.9 Å². The number of benzene rings is 2. The lowest BCUT2D eigenvalue weighted by Gasteiger charge is -2.09. The monoisotopic (exact) mass is 400 g/mol. The summed E-state index contributed by atoms with van der Waals surface area (Å²) in [5, 5.41) is 1.73. The molecule has 2 heterocycles. The van der Waals surface area contributed by atoms with Gasteiger partial charge in [-0.2, -0.15) is 0 Å². The fourth-order valence-electron chi connectivity index (χ4n) is 2.99. The van der Waals surface area contributed by atoms with E-state index in [1.165, 1.54) is 11.3 Å². The third-order valence-corrected chi connectivity index (χ3v) is 6.30. The minimum atomic E-state index is -0.0816. The highest BCUT2D eigenvalue weighted by Crippen LogP contribution is 2.35. The molecule has 0 aliphatic heterocycles. The van der Waals surface area contributed by atoms with Crippen LogP contribution in [-0.2, 0) is 6.54 Å². The summed E-state index contributed by atoms with van der Waals surface area (Å²) in [5.74, 6) is 0. The molecule has 6 heteroatoms. The Morgan fingerprint density at radius 2 is 1.73 bits per heavy atom. The number of thiophene rings is 1. The van der Waals surface area contributed by atoms with Crippen LogP contribution < -0.4 is 5.56 Å². The van der Waals surface area contributed by atoms with Gasteiger partial charge in [-0.15, -0.1) is 11.3 Å². The van der Waals surface area contributed by atoms with Crippen molar-refractivity contribution in [3.8, 4) is 10.4 Å². The van der Waals surface area contributed by atoms with Gasteiger partial charge in [0.05, 0.1) is 18.3 Å². The molecule has 0 radical (unpaired) electrons. The lowest BCUT2D eigenvalue weighted by molar-refractivity contribution is 0.749. The maximum absolute atomic E-state index is 13.1. The van der Waals surface area contributed by atoms with Gasteiger partial charge < -0.3 is 0 Å². The van der Waals surface area contributed by atoms with Crippen LogP contribution in [0.15, 0.2) is 59.7 Å². The van der Waals surface area contributed by atoms with E-state index in [4.69, 9.17) is 23.2 Å². The zero-order chi connectivity index (χ0) is 18.3. The number of rotatable bonds is 3. The zero-order valence-electron chi connectivity index (χ0n) is 13.9. The van der Waals surface area contributed by atoms with Crippen molar-refractivity contribution < 1.29 is 0 Å². The van der Waals surface area contributed by atoms with Gasteiger partial charge in [-0.3, -0.25) is 9.36 Å². The van der Waals surface area contributed by atoms with Gasteiger partial charge in [-0.1, -0.05) is 59.6 Å². The number of aromatic nitrogens is 2. The second-order valence-corrected chi connectivity index (χ2v) is 7.79. The Labute approximate surface area is 164 Å². The molecule has 2 aromatic heterocycles. The van der Waals surface area contributed by atoms with Crippen molar-refractivity contribution in [1.82, 2.24) is 9.55 Å². The molecule has 0 aliphatic carbocycles. The Hall–Kier alpha value is -2.14. The highest BCUT2D eigenvalue weighted by atomic mass is 35.5. The van der Waals surface area contributed by atoms with Crippen LogP contribution in [0.25, 0.3) is 20.7 Å². The molecule has 0 atom stereocenters. The molecule has 0 saturated heterocycles. The summed E-state index contributed by atoms with van der Waals surface area (Å²) in [6, 6.07) is 15.4. The number of hydrogen-bond acceptors (Lipinski definition) is 3. The normalized spacial score (nSPS) is 11.2. The van der Waals surface area contributed by atoms with Crippen LogP contribution in [-0.4, -0.2) is 9.55 Å². The summed E-state index contributed by atoms with van der Waals surface area (Å²) in [6.45, 7) is 2.26. The fraction of sp³-hybridized carbons (Fsp3) is 0.100. The molecule has 26 heavy (non-hydrogen) atoms. The molecule has 4 rings (SSSR count). The summed E-state index contributed by atoms with van der Waals surface area (Å²) >= 11 is 14.0. The van der Waals surface area contributed by atoms with E-state index in [2.05, 4.69) is 4.98 Å². The Morgan fingerprint density at radius 3 is 2.42 bits per heavy atom. The lowest BCUT2D eigenvalue weighted by Crippen LogP contribution is -2.21. The molecule has 0 spiro atoms. The first kappa shape index (κ1) is 17.3. The second-order valence-electron chi connectivity index (χ2n) is 5.98. The molecule has 4 aromatic rings. The van der Waals surface area contributed by atoms with E-state index < -0.39 is 0 Å². The third-order valence-electron chi connectivity index (χ3n) is 4.34. The summed E-state index contributed by atoms with van der Waals surface area (Å²) < 4.78 is 1.56. The van der Waals surface area contributed by atoms with E-state index in [9.17, 15) is 4.79 Å². The van der Waals surface area contributed by atoms with Crippen LogP contribution in [0.3, 0.4) is 0 Å². The van der Waals surface area contributed by atoms with Crippen LogP contribution >= 0.6 is 34.5 Å². The van der Waals surface area contributed by atoms with E-state index in [-0.39, 0.29) is 12.1 Å². The second kappa shape index (κ2) is 6.88. The van der Waals surface area contributed by atoms with Crippen molar-refractivity contribution in [3.63, 3.8) is 0 Å². The van der Waals surface area contributed by atoms with Crippen LogP contribution in [0.2, 0.25) is 10.0 Å². The van der Waals surface area contributed by atoms with Gasteiger partial charge in [0.25, 0.3) is 5.56 Å². The van der Waals surface area contributed by atoms with Gasteiger partial charge in [0.2, 0.25) is 0 Å². The molecule has 3 nitrogen and oxygen atoms in total. The number of fused-ring (bicyclic) bond motifs is 1. The molecular formula is C20H14Cl2N2OS. The van der Waals surface area contributed by atoms with Crippen molar-refractivity contribution >= 4 is 44.8 Å². The van der Waals surface area contributed by atoms with Gasteiger partial charge in [0.15, 0.2) is 0 Å². The Kier molecular flexibility index (Phi) is 4.57.